The predicted molar refractivity (Wildman–Crippen MR) is 99.1 cm³/mol. The van der Waals surface area contributed by atoms with Crippen molar-refractivity contribution in [1.29, 1.82) is 0 Å². The van der Waals surface area contributed by atoms with Crippen LogP contribution in [0.15, 0.2) is 45.3 Å². The Hall–Kier alpha value is -0.600. The first-order chi connectivity index (χ1) is 10.1. The van der Waals surface area contributed by atoms with Crippen LogP contribution in [0.3, 0.4) is 0 Å². The number of benzene rings is 2. The van der Waals surface area contributed by atoms with E-state index in [0.29, 0.717) is 0 Å². The molecule has 0 saturated carbocycles. The van der Waals surface area contributed by atoms with E-state index in [9.17, 15) is 0 Å². The van der Waals surface area contributed by atoms with Gasteiger partial charge in [0.25, 0.3) is 0 Å². The zero-order valence-electron chi connectivity index (χ0n) is 12.8. The Morgan fingerprint density at radius 2 is 1.33 bits per heavy atom. The Kier molecular flexibility index (Phi) is 6.50. The predicted octanol–water partition coefficient (Wildman–Crippen LogP) is 6.51. The molecule has 0 atom stereocenters. The van der Waals surface area contributed by atoms with Crippen LogP contribution >= 0.6 is 31.9 Å². The van der Waals surface area contributed by atoms with E-state index in [1.54, 1.807) is 0 Å². The number of halogens is 2. The van der Waals surface area contributed by atoms with Crippen LogP contribution in [0.4, 0.5) is 0 Å². The van der Waals surface area contributed by atoms with Gasteiger partial charge in [-0.2, -0.15) is 0 Å². The molecule has 0 aromatic heterocycles. The van der Waals surface area contributed by atoms with Crippen LogP contribution < -0.4 is 0 Å². The van der Waals surface area contributed by atoms with Gasteiger partial charge in [0.2, 0.25) is 0 Å². The van der Waals surface area contributed by atoms with Gasteiger partial charge in [-0.25, -0.2) is 0 Å². The van der Waals surface area contributed by atoms with Gasteiger partial charge in [0, 0.05) is 8.95 Å². The van der Waals surface area contributed by atoms with Crippen LogP contribution in [0.5, 0.6) is 0 Å². The summed E-state index contributed by atoms with van der Waals surface area (Å²) in [5, 5.41) is 0. The molecule has 0 spiro atoms. The first-order valence-electron chi connectivity index (χ1n) is 7.68. The largest absolute Gasteiger partial charge is 0.0613 e. The maximum Gasteiger partial charge on any atom is 0.0210 e. The van der Waals surface area contributed by atoms with Crippen molar-refractivity contribution < 1.29 is 0 Å². The quantitative estimate of drug-likeness (QED) is 0.509. The van der Waals surface area contributed by atoms with E-state index in [1.807, 2.05) is 0 Å². The Morgan fingerprint density at radius 3 is 1.95 bits per heavy atom. The summed E-state index contributed by atoms with van der Waals surface area (Å²) in [7, 11) is 0. The molecule has 0 aliphatic carbocycles. The lowest BCUT2D eigenvalue weighted by Gasteiger charge is -2.08. The number of hydrogen-bond acceptors (Lipinski definition) is 0. The van der Waals surface area contributed by atoms with Crippen molar-refractivity contribution in [1.82, 2.24) is 0 Å². The normalized spacial score (nSPS) is 10.9. The van der Waals surface area contributed by atoms with E-state index in [2.05, 4.69) is 82.1 Å². The maximum absolute atomic E-state index is 3.70. The van der Waals surface area contributed by atoms with Crippen molar-refractivity contribution in [3.63, 3.8) is 0 Å². The van der Waals surface area contributed by atoms with Crippen molar-refractivity contribution in [3.05, 3.63) is 67.6 Å². The van der Waals surface area contributed by atoms with Crippen LogP contribution in [-0.2, 0) is 25.7 Å². The number of aryl methyl sites for hydroxylation is 4. The topological polar surface area (TPSA) is 0 Å². The summed E-state index contributed by atoms with van der Waals surface area (Å²) in [6, 6.07) is 13.5. The molecule has 0 fully saturated rings. The van der Waals surface area contributed by atoms with Gasteiger partial charge >= 0.3 is 0 Å². The van der Waals surface area contributed by atoms with Gasteiger partial charge < -0.3 is 0 Å². The van der Waals surface area contributed by atoms with E-state index >= 15 is 0 Å². The van der Waals surface area contributed by atoms with Gasteiger partial charge in [-0.05, 0) is 66.5 Å². The Bertz CT molecular complexity index is 603. The molecule has 0 N–H and O–H groups in total. The van der Waals surface area contributed by atoms with E-state index in [-0.39, 0.29) is 0 Å². The maximum atomic E-state index is 3.70. The number of rotatable bonds is 6. The molecule has 2 aromatic carbocycles. The minimum absolute atomic E-state index is 1.08. The average molecular weight is 410 g/mol. The molecule has 2 heteroatoms. The van der Waals surface area contributed by atoms with E-state index in [4.69, 9.17) is 0 Å². The van der Waals surface area contributed by atoms with Crippen LogP contribution in [0, 0.1) is 0 Å². The van der Waals surface area contributed by atoms with E-state index < -0.39 is 0 Å². The highest BCUT2D eigenvalue weighted by Crippen LogP contribution is 2.23. The summed E-state index contributed by atoms with van der Waals surface area (Å²) in [6.07, 6.45) is 5.61. The van der Waals surface area contributed by atoms with Crippen LogP contribution in [0.25, 0.3) is 0 Å². The average Bonchev–Trinajstić information content (AvgIpc) is 2.49. The summed E-state index contributed by atoms with van der Waals surface area (Å²) in [6.45, 7) is 4.39. The summed E-state index contributed by atoms with van der Waals surface area (Å²) >= 11 is 7.36. The molecule has 0 aliphatic rings. The molecule has 0 bridgehead atoms. The van der Waals surface area contributed by atoms with Gasteiger partial charge in [0.1, 0.15) is 0 Å². The molecule has 0 saturated heterocycles. The summed E-state index contributed by atoms with van der Waals surface area (Å²) in [5.41, 5.74) is 5.61. The van der Waals surface area contributed by atoms with E-state index in [1.165, 1.54) is 37.6 Å². The second-order valence-electron chi connectivity index (χ2n) is 5.41. The second-order valence-corrected chi connectivity index (χ2v) is 7.12. The van der Waals surface area contributed by atoms with Gasteiger partial charge in [-0.3, -0.25) is 0 Å². The van der Waals surface area contributed by atoms with Crippen molar-refractivity contribution in [3.8, 4) is 0 Å². The van der Waals surface area contributed by atoms with Gasteiger partial charge in [-0.1, -0.05) is 70.0 Å². The van der Waals surface area contributed by atoms with E-state index in [0.717, 1.165) is 25.7 Å². The zero-order valence-corrected chi connectivity index (χ0v) is 15.9. The first kappa shape index (κ1) is 16.8. The lowest BCUT2D eigenvalue weighted by molar-refractivity contribution is 0.816. The Balaban J connectivity index is 1.93. The highest BCUT2D eigenvalue weighted by molar-refractivity contribution is 9.10. The Morgan fingerprint density at radius 1 is 0.714 bits per heavy atom. The standard InChI is InChI=1S/C19H22Br2/c1-3-14-8-11-17(19(21)12-14)7-5-6-15-9-10-16(4-2)18(20)13-15/h8-13H,3-7H2,1-2H3. The van der Waals surface area contributed by atoms with Crippen molar-refractivity contribution in [2.75, 3.05) is 0 Å². The molecule has 0 amide bonds. The molecule has 0 aliphatic heterocycles. The van der Waals surface area contributed by atoms with Crippen LogP contribution in [0.1, 0.15) is 42.5 Å². The fourth-order valence-electron chi connectivity index (χ4n) is 2.53. The lowest BCUT2D eigenvalue weighted by atomic mass is 10.0. The number of hydrogen-bond donors (Lipinski definition) is 0. The highest BCUT2D eigenvalue weighted by atomic mass is 79.9. The molecule has 2 aromatic rings. The fraction of sp³-hybridized carbons (Fsp3) is 0.368. The monoisotopic (exact) mass is 408 g/mol. The minimum atomic E-state index is 1.08. The fourth-order valence-corrected chi connectivity index (χ4v) is 3.86. The first-order valence-corrected chi connectivity index (χ1v) is 9.27. The minimum Gasteiger partial charge on any atom is -0.0613 e. The highest BCUT2D eigenvalue weighted by Gasteiger charge is 2.03. The second kappa shape index (κ2) is 8.14. The third kappa shape index (κ3) is 4.69. The molecule has 21 heavy (non-hydrogen) atoms. The SMILES string of the molecule is CCc1ccc(CCCc2ccc(CC)c(Br)c2)c(Br)c1. The van der Waals surface area contributed by atoms with Crippen molar-refractivity contribution in [2.24, 2.45) is 0 Å². The Labute approximate surface area is 145 Å². The van der Waals surface area contributed by atoms with Crippen molar-refractivity contribution in [2.45, 2.75) is 46.0 Å². The lowest BCUT2D eigenvalue weighted by Crippen LogP contribution is -1.93. The molecular formula is C19H22Br2. The molecule has 0 heterocycles. The van der Waals surface area contributed by atoms with Gasteiger partial charge in [0.05, 0.1) is 0 Å². The van der Waals surface area contributed by atoms with Gasteiger partial charge in [0.15, 0.2) is 0 Å². The molecule has 0 nitrogen and oxygen atoms in total. The molecule has 2 rings (SSSR count). The van der Waals surface area contributed by atoms with Crippen molar-refractivity contribution >= 4 is 31.9 Å². The molecule has 0 unspecified atom stereocenters. The zero-order chi connectivity index (χ0) is 15.2. The third-order valence-corrected chi connectivity index (χ3v) is 5.41. The summed E-state index contributed by atoms with van der Waals surface area (Å²) in [4.78, 5) is 0. The molecule has 0 radical (unpaired) electrons. The van der Waals surface area contributed by atoms with Crippen LogP contribution in [0.2, 0.25) is 0 Å². The molecule has 112 valence electrons. The molecular weight excluding hydrogens is 388 g/mol. The summed E-state index contributed by atoms with van der Waals surface area (Å²) < 4.78 is 2.50. The third-order valence-electron chi connectivity index (χ3n) is 3.94. The smallest absolute Gasteiger partial charge is 0.0210 e. The summed E-state index contributed by atoms with van der Waals surface area (Å²) in [5.74, 6) is 0. The van der Waals surface area contributed by atoms with Crippen LogP contribution in [-0.4, -0.2) is 0 Å². The van der Waals surface area contributed by atoms with Gasteiger partial charge in [-0.15, -0.1) is 0 Å².